The van der Waals surface area contributed by atoms with E-state index in [0.29, 0.717) is 11.6 Å². The minimum atomic E-state index is -2.91. The van der Waals surface area contributed by atoms with E-state index in [4.69, 9.17) is 4.74 Å². The quantitative estimate of drug-likeness (QED) is 0.402. The number of anilines is 1. The Morgan fingerprint density at radius 1 is 1.11 bits per heavy atom. The van der Waals surface area contributed by atoms with Gasteiger partial charge in [0, 0.05) is 31.9 Å². The topological polar surface area (TPSA) is 80.2 Å². The van der Waals surface area contributed by atoms with E-state index in [9.17, 15) is 26.7 Å². The smallest absolute Gasteiger partial charge is 0.257 e. The van der Waals surface area contributed by atoms with Crippen LogP contribution in [0.2, 0.25) is 0 Å². The van der Waals surface area contributed by atoms with Crippen molar-refractivity contribution in [2.24, 2.45) is 0 Å². The number of carbonyl (C=O) groups excluding carboxylic acids is 1. The van der Waals surface area contributed by atoms with Gasteiger partial charge in [-0.25, -0.2) is 27.5 Å². The average Bonchev–Trinajstić information content (AvgIpc) is 2.85. The van der Waals surface area contributed by atoms with Crippen LogP contribution in [0.1, 0.15) is 24.8 Å². The summed E-state index contributed by atoms with van der Waals surface area (Å²) in [6.45, 7) is 1.60. The number of rotatable bonds is 6. The number of nitrogens with zero attached hydrogens (tertiary/aromatic N) is 4. The van der Waals surface area contributed by atoms with E-state index in [1.165, 1.54) is 24.5 Å². The SMILES string of the molecule is CC(C(=O)Nc1cnc(Oc2ccc(F)c(F)c2F)cn1)N1CCC(F)(F)[C@@H](c2ccncc2)C1. The Bertz CT molecular complexity index is 1200. The lowest BCUT2D eigenvalue weighted by molar-refractivity contribution is -0.125. The average molecular weight is 493 g/mol. The number of ether oxygens (including phenoxy) is 1. The van der Waals surface area contributed by atoms with Gasteiger partial charge in [-0.15, -0.1) is 0 Å². The second-order valence-electron chi connectivity index (χ2n) is 8.02. The first-order chi connectivity index (χ1) is 16.7. The highest BCUT2D eigenvalue weighted by atomic mass is 19.3. The number of aromatic nitrogens is 3. The number of pyridine rings is 1. The molecule has 1 amide bonds. The van der Waals surface area contributed by atoms with Crippen LogP contribution in [0.5, 0.6) is 11.6 Å². The molecular formula is C23H20F5N5O2. The highest BCUT2D eigenvalue weighted by molar-refractivity contribution is 5.93. The molecule has 1 aliphatic heterocycles. The van der Waals surface area contributed by atoms with E-state index in [2.05, 4.69) is 20.3 Å². The van der Waals surface area contributed by atoms with Crippen molar-refractivity contribution in [1.29, 1.82) is 0 Å². The summed E-state index contributed by atoms with van der Waals surface area (Å²) in [6.07, 6.45) is 4.69. The molecule has 35 heavy (non-hydrogen) atoms. The standard InChI is InChI=1S/C23H20F5N5O2/c1-13(33-9-6-23(27,28)15(12-33)14-4-7-29-8-5-14)22(34)32-18-10-31-19(11-30-18)35-17-3-2-16(24)20(25)21(17)26/h2-5,7-8,10-11,13,15H,6,9,12H2,1H3,(H,30,32,34)/t13?,15-/m1/s1. The largest absolute Gasteiger partial charge is 0.434 e. The number of carbonyl (C=O) groups is 1. The molecule has 1 fully saturated rings. The molecule has 7 nitrogen and oxygen atoms in total. The Morgan fingerprint density at radius 3 is 2.54 bits per heavy atom. The number of amides is 1. The van der Waals surface area contributed by atoms with Crippen LogP contribution in [0.25, 0.3) is 0 Å². The molecule has 1 aromatic carbocycles. The maximum absolute atomic E-state index is 14.6. The van der Waals surface area contributed by atoms with E-state index < -0.39 is 53.4 Å². The summed E-state index contributed by atoms with van der Waals surface area (Å²) in [4.78, 5) is 26.1. The predicted octanol–water partition coefficient (Wildman–Crippen LogP) is 4.53. The monoisotopic (exact) mass is 493 g/mol. The maximum Gasteiger partial charge on any atom is 0.257 e. The summed E-state index contributed by atoms with van der Waals surface area (Å²) in [5.74, 6) is -9.83. The fourth-order valence-corrected chi connectivity index (χ4v) is 3.75. The van der Waals surface area contributed by atoms with Gasteiger partial charge in [0.2, 0.25) is 17.6 Å². The Balaban J connectivity index is 1.39. The number of piperidine rings is 1. The highest BCUT2D eigenvalue weighted by Gasteiger charge is 2.46. The first-order valence-electron chi connectivity index (χ1n) is 10.6. The van der Waals surface area contributed by atoms with Gasteiger partial charge in [0.25, 0.3) is 5.92 Å². The molecule has 12 heteroatoms. The lowest BCUT2D eigenvalue weighted by Gasteiger charge is -2.40. The molecule has 0 spiro atoms. The normalized spacial score (nSPS) is 18.6. The van der Waals surface area contributed by atoms with Crippen molar-refractivity contribution in [1.82, 2.24) is 19.9 Å². The van der Waals surface area contributed by atoms with Crippen molar-refractivity contribution in [3.63, 3.8) is 0 Å². The van der Waals surface area contributed by atoms with Crippen LogP contribution in [-0.4, -0.2) is 50.8 Å². The van der Waals surface area contributed by atoms with E-state index in [1.54, 1.807) is 11.8 Å². The molecule has 0 radical (unpaired) electrons. The summed E-state index contributed by atoms with van der Waals surface area (Å²) < 4.78 is 74.3. The number of halogens is 5. The molecule has 0 aliphatic carbocycles. The van der Waals surface area contributed by atoms with Crippen LogP contribution in [0.4, 0.5) is 27.8 Å². The van der Waals surface area contributed by atoms with E-state index in [0.717, 1.165) is 18.5 Å². The molecule has 4 rings (SSSR count). The summed E-state index contributed by atoms with van der Waals surface area (Å²) in [5.41, 5.74) is 0.446. The molecule has 1 aliphatic rings. The van der Waals surface area contributed by atoms with Gasteiger partial charge in [0.1, 0.15) is 0 Å². The number of hydrogen-bond acceptors (Lipinski definition) is 6. The Hall–Kier alpha value is -3.67. The molecule has 184 valence electrons. The van der Waals surface area contributed by atoms with Crippen molar-refractivity contribution in [3.05, 3.63) is 72.1 Å². The van der Waals surface area contributed by atoms with E-state index >= 15 is 0 Å². The second kappa shape index (κ2) is 9.90. The highest BCUT2D eigenvalue weighted by Crippen LogP contribution is 2.40. The summed E-state index contributed by atoms with van der Waals surface area (Å²) in [5, 5.41) is 2.54. The van der Waals surface area contributed by atoms with Crippen molar-refractivity contribution >= 4 is 11.7 Å². The van der Waals surface area contributed by atoms with Crippen LogP contribution >= 0.6 is 0 Å². The number of nitrogens with one attached hydrogen (secondary N) is 1. The first-order valence-corrected chi connectivity index (χ1v) is 10.6. The Morgan fingerprint density at radius 2 is 1.86 bits per heavy atom. The van der Waals surface area contributed by atoms with Gasteiger partial charge in [0.15, 0.2) is 23.2 Å². The van der Waals surface area contributed by atoms with Gasteiger partial charge < -0.3 is 10.1 Å². The third-order valence-electron chi connectivity index (χ3n) is 5.79. The lowest BCUT2D eigenvalue weighted by atomic mass is 9.87. The molecule has 1 N–H and O–H groups in total. The summed E-state index contributed by atoms with van der Waals surface area (Å²) in [6, 6.07) is 3.93. The number of hydrogen-bond donors (Lipinski definition) is 1. The Labute approximate surface area is 197 Å². The molecule has 3 heterocycles. The Kier molecular flexibility index (Phi) is 6.92. The molecule has 3 aromatic rings. The fourth-order valence-electron chi connectivity index (χ4n) is 3.75. The van der Waals surface area contributed by atoms with Gasteiger partial charge in [0.05, 0.1) is 24.4 Å². The van der Waals surface area contributed by atoms with Crippen molar-refractivity contribution in [2.45, 2.75) is 31.2 Å². The van der Waals surface area contributed by atoms with Crippen LogP contribution in [-0.2, 0) is 4.79 Å². The zero-order chi connectivity index (χ0) is 25.2. The van der Waals surface area contributed by atoms with Crippen LogP contribution in [0.3, 0.4) is 0 Å². The predicted molar refractivity (Wildman–Crippen MR) is 115 cm³/mol. The van der Waals surface area contributed by atoms with E-state index in [1.807, 2.05) is 0 Å². The van der Waals surface area contributed by atoms with Crippen LogP contribution in [0, 0.1) is 17.5 Å². The molecule has 2 aromatic heterocycles. The van der Waals surface area contributed by atoms with Crippen LogP contribution < -0.4 is 10.1 Å². The van der Waals surface area contributed by atoms with Crippen molar-refractivity contribution in [2.75, 3.05) is 18.4 Å². The second-order valence-corrected chi connectivity index (χ2v) is 8.02. The van der Waals surface area contributed by atoms with Gasteiger partial charge in [-0.05, 0) is 36.8 Å². The molecule has 1 unspecified atom stereocenters. The minimum Gasteiger partial charge on any atom is -0.434 e. The number of benzene rings is 1. The van der Waals surface area contributed by atoms with Gasteiger partial charge in [-0.3, -0.25) is 14.7 Å². The van der Waals surface area contributed by atoms with Gasteiger partial charge in [-0.1, -0.05) is 0 Å². The van der Waals surface area contributed by atoms with Crippen LogP contribution in [0.15, 0.2) is 49.1 Å². The first kappa shape index (κ1) is 24.5. The maximum atomic E-state index is 14.6. The van der Waals surface area contributed by atoms with Crippen molar-refractivity contribution < 1.29 is 31.5 Å². The third kappa shape index (κ3) is 5.37. The summed E-state index contributed by atoms with van der Waals surface area (Å²) >= 11 is 0. The zero-order valence-corrected chi connectivity index (χ0v) is 18.4. The number of likely N-dealkylation sites (tertiary alicyclic amines) is 1. The van der Waals surface area contributed by atoms with Gasteiger partial charge >= 0.3 is 0 Å². The third-order valence-corrected chi connectivity index (χ3v) is 5.79. The molecule has 0 saturated carbocycles. The molecular weight excluding hydrogens is 473 g/mol. The lowest BCUT2D eigenvalue weighted by Crippen LogP contribution is -2.52. The zero-order valence-electron chi connectivity index (χ0n) is 18.4. The van der Waals surface area contributed by atoms with Gasteiger partial charge in [-0.2, -0.15) is 4.39 Å². The number of alkyl halides is 2. The molecule has 0 bridgehead atoms. The van der Waals surface area contributed by atoms with Crippen molar-refractivity contribution in [3.8, 4) is 11.6 Å². The van der Waals surface area contributed by atoms with E-state index in [-0.39, 0.29) is 24.8 Å². The molecule has 2 atom stereocenters. The molecule has 1 saturated heterocycles. The minimum absolute atomic E-state index is 0.0240. The summed E-state index contributed by atoms with van der Waals surface area (Å²) in [7, 11) is 0. The fraction of sp³-hybridized carbons (Fsp3) is 0.304.